The molecule has 2 aromatic carbocycles. The monoisotopic (exact) mass is 413 g/mol. The van der Waals surface area contributed by atoms with Crippen molar-refractivity contribution in [1.29, 1.82) is 0 Å². The van der Waals surface area contributed by atoms with Crippen molar-refractivity contribution in [2.45, 2.75) is 18.9 Å². The van der Waals surface area contributed by atoms with Crippen LogP contribution in [0.1, 0.15) is 33.9 Å². The first-order valence-electron chi connectivity index (χ1n) is 10.3. The topological polar surface area (TPSA) is 44.8 Å². The second-order valence-electron chi connectivity index (χ2n) is 7.79. The summed E-state index contributed by atoms with van der Waals surface area (Å²) in [7, 11) is 2.16. The number of ether oxygens (including phenoxy) is 1. The molecule has 6 heteroatoms. The van der Waals surface area contributed by atoms with Gasteiger partial charge in [0.2, 0.25) is 0 Å². The molecular weight excluding hydrogens is 386 g/mol. The smallest absolute Gasteiger partial charge is 0.251 e. The largest absolute Gasteiger partial charge is 0.379 e. The van der Waals surface area contributed by atoms with E-state index in [1.807, 2.05) is 0 Å². The predicted molar refractivity (Wildman–Crippen MR) is 117 cm³/mol. The number of amides is 1. The highest BCUT2D eigenvalue weighted by atomic mass is 35.5. The zero-order valence-corrected chi connectivity index (χ0v) is 17.6. The van der Waals surface area contributed by atoms with Gasteiger partial charge in [0.05, 0.1) is 19.3 Å². The predicted octanol–water partition coefficient (Wildman–Crippen LogP) is 3.53. The molecule has 1 atom stereocenters. The molecule has 1 fully saturated rings. The van der Waals surface area contributed by atoms with Crippen LogP contribution in [-0.4, -0.2) is 57.2 Å². The zero-order valence-electron chi connectivity index (χ0n) is 16.9. The third-order valence-corrected chi connectivity index (χ3v) is 6.14. The Labute approximate surface area is 177 Å². The number of hydrogen-bond acceptors (Lipinski definition) is 4. The molecule has 29 heavy (non-hydrogen) atoms. The molecule has 0 aromatic heterocycles. The first kappa shape index (κ1) is 20.2. The fraction of sp³-hybridized carbons (Fsp3) is 0.435. The van der Waals surface area contributed by atoms with Gasteiger partial charge in [0.1, 0.15) is 0 Å². The zero-order chi connectivity index (χ0) is 20.2. The van der Waals surface area contributed by atoms with Crippen LogP contribution in [0.3, 0.4) is 0 Å². The highest BCUT2D eigenvalue weighted by molar-refractivity contribution is 6.30. The number of anilines is 1. The van der Waals surface area contributed by atoms with Crippen LogP contribution in [-0.2, 0) is 11.2 Å². The third-order valence-electron chi connectivity index (χ3n) is 5.89. The van der Waals surface area contributed by atoms with E-state index in [-0.39, 0.29) is 11.9 Å². The van der Waals surface area contributed by atoms with Crippen LogP contribution in [0.2, 0.25) is 5.02 Å². The Morgan fingerprint density at radius 3 is 2.66 bits per heavy atom. The number of morpholine rings is 1. The van der Waals surface area contributed by atoms with E-state index >= 15 is 0 Å². The molecule has 0 bridgehead atoms. The summed E-state index contributed by atoms with van der Waals surface area (Å²) in [5.74, 6) is -0.0716. The SMILES string of the molecule is CN1CCCc2cc(C(CNC(=O)c3ccc(Cl)cc3)N3CCOCC3)ccc21. The molecule has 1 amide bonds. The molecule has 0 spiro atoms. The van der Waals surface area contributed by atoms with E-state index in [0.717, 1.165) is 39.3 Å². The van der Waals surface area contributed by atoms with Crippen molar-refractivity contribution in [1.82, 2.24) is 10.2 Å². The minimum Gasteiger partial charge on any atom is -0.379 e. The van der Waals surface area contributed by atoms with Gasteiger partial charge >= 0.3 is 0 Å². The molecule has 0 aliphatic carbocycles. The lowest BCUT2D eigenvalue weighted by Crippen LogP contribution is -2.44. The highest BCUT2D eigenvalue weighted by Gasteiger charge is 2.25. The van der Waals surface area contributed by atoms with Gasteiger partial charge in [-0.3, -0.25) is 9.69 Å². The second-order valence-corrected chi connectivity index (χ2v) is 8.23. The van der Waals surface area contributed by atoms with E-state index in [1.165, 1.54) is 23.2 Å². The van der Waals surface area contributed by atoms with Crippen molar-refractivity contribution < 1.29 is 9.53 Å². The number of halogens is 1. The van der Waals surface area contributed by atoms with Crippen LogP contribution in [0.4, 0.5) is 5.69 Å². The van der Waals surface area contributed by atoms with Crippen LogP contribution in [0.15, 0.2) is 42.5 Å². The summed E-state index contributed by atoms with van der Waals surface area (Å²) >= 11 is 5.94. The van der Waals surface area contributed by atoms with Crippen LogP contribution in [0.25, 0.3) is 0 Å². The summed E-state index contributed by atoms with van der Waals surface area (Å²) in [4.78, 5) is 17.4. The number of aryl methyl sites for hydroxylation is 1. The normalized spacial score (nSPS) is 18.2. The number of fused-ring (bicyclic) bond motifs is 1. The van der Waals surface area contributed by atoms with Gasteiger partial charge in [-0.1, -0.05) is 23.7 Å². The fourth-order valence-corrected chi connectivity index (χ4v) is 4.38. The molecule has 1 N–H and O–H groups in total. The Morgan fingerprint density at radius 2 is 1.90 bits per heavy atom. The maximum atomic E-state index is 12.6. The lowest BCUT2D eigenvalue weighted by atomic mass is 9.95. The van der Waals surface area contributed by atoms with Crippen molar-refractivity contribution in [3.8, 4) is 0 Å². The number of carbonyl (C=O) groups excluding carboxylic acids is 1. The number of nitrogens with one attached hydrogen (secondary N) is 1. The van der Waals surface area contributed by atoms with Crippen LogP contribution in [0.5, 0.6) is 0 Å². The number of benzene rings is 2. The molecule has 2 aliphatic rings. The van der Waals surface area contributed by atoms with E-state index in [1.54, 1.807) is 24.3 Å². The van der Waals surface area contributed by atoms with Gasteiger partial charge in [-0.25, -0.2) is 0 Å². The van der Waals surface area contributed by atoms with Crippen molar-refractivity contribution in [2.24, 2.45) is 0 Å². The summed E-state index contributed by atoms with van der Waals surface area (Å²) in [5.41, 5.74) is 4.61. The summed E-state index contributed by atoms with van der Waals surface area (Å²) < 4.78 is 5.55. The van der Waals surface area contributed by atoms with E-state index in [2.05, 4.69) is 40.4 Å². The molecule has 5 nitrogen and oxygen atoms in total. The van der Waals surface area contributed by atoms with Crippen LogP contribution >= 0.6 is 11.6 Å². The van der Waals surface area contributed by atoms with Gasteiger partial charge in [-0.15, -0.1) is 0 Å². The average molecular weight is 414 g/mol. The standard InChI is InChI=1S/C23H28ClN3O2/c1-26-10-2-3-18-15-19(6-9-21(18)26)22(27-11-13-29-14-12-27)16-25-23(28)17-4-7-20(24)8-5-17/h4-9,15,22H,2-3,10-14,16H2,1H3,(H,25,28). The lowest BCUT2D eigenvalue weighted by molar-refractivity contribution is 0.0162. The number of nitrogens with zero attached hydrogens (tertiary/aromatic N) is 2. The minimum absolute atomic E-state index is 0.0716. The maximum Gasteiger partial charge on any atom is 0.251 e. The fourth-order valence-electron chi connectivity index (χ4n) is 4.25. The average Bonchev–Trinajstić information content (AvgIpc) is 2.75. The first-order chi connectivity index (χ1) is 14.1. The number of carbonyl (C=O) groups is 1. The molecule has 154 valence electrons. The Kier molecular flexibility index (Phi) is 6.38. The first-order valence-corrected chi connectivity index (χ1v) is 10.7. The summed E-state index contributed by atoms with van der Waals surface area (Å²) in [6, 6.07) is 13.9. The van der Waals surface area contributed by atoms with Crippen molar-refractivity contribution in [3.05, 3.63) is 64.2 Å². The third kappa shape index (κ3) is 4.74. The van der Waals surface area contributed by atoms with Gasteiger partial charge in [-0.05, 0) is 54.3 Å². The van der Waals surface area contributed by atoms with E-state index in [4.69, 9.17) is 16.3 Å². The summed E-state index contributed by atoms with van der Waals surface area (Å²) in [5, 5.41) is 3.76. The molecule has 2 aromatic rings. The highest BCUT2D eigenvalue weighted by Crippen LogP contribution is 2.31. The van der Waals surface area contributed by atoms with E-state index in [0.29, 0.717) is 17.1 Å². The Balaban J connectivity index is 1.53. The molecule has 1 unspecified atom stereocenters. The number of rotatable bonds is 5. The molecule has 0 radical (unpaired) electrons. The van der Waals surface area contributed by atoms with E-state index in [9.17, 15) is 4.79 Å². The second kappa shape index (κ2) is 9.16. The van der Waals surface area contributed by atoms with Gasteiger partial charge in [-0.2, -0.15) is 0 Å². The minimum atomic E-state index is -0.0716. The molecular formula is C23H28ClN3O2. The van der Waals surface area contributed by atoms with Crippen molar-refractivity contribution in [3.63, 3.8) is 0 Å². The maximum absolute atomic E-state index is 12.6. The van der Waals surface area contributed by atoms with Gasteiger partial charge in [0, 0.05) is 49.5 Å². The molecule has 0 saturated carbocycles. The molecule has 4 rings (SSSR count). The van der Waals surface area contributed by atoms with Crippen molar-refractivity contribution in [2.75, 3.05) is 51.3 Å². The van der Waals surface area contributed by atoms with E-state index < -0.39 is 0 Å². The van der Waals surface area contributed by atoms with Crippen LogP contribution in [0, 0.1) is 0 Å². The number of hydrogen-bond donors (Lipinski definition) is 1. The van der Waals surface area contributed by atoms with Gasteiger partial charge in [0.25, 0.3) is 5.91 Å². The Hall–Kier alpha value is -2.08. The van der Waals surface area contributed by atoms with Gasteiger partial charge < -0.3 is 15.0 Å². The lowest BCUT2D eigenvalue weighted by Gasteiger charge is -2.36. The Morgan fingerprint density at radius 1 is 1.14 bits per heavy atom. The molecule has 2 heterocycles. The summed E-state index contributed by atoms with van der Waals surface area (Å²) in [6.45, 7) is 4.88. The van der Waals surface area contributed by atoms with Crippen LogP contribution < -0.4 is 10.2 Å². The Bertz CT molecular complexity index is 850. The summed E-state index contributed by atoms with van der Waals surface area (Å²) in [6.07, 6.45) is 2.29. The molecule has 2 aliphatic heterocycles. The van der Waals surface area contributed by atoms with Crippen molar-refractivity contribution >= 4 is 23.2 Å². The quantitative estimate of drug-likeness (QED) is 0.814. The molecule has 1 saturated heterocycles. The van der Waals surface area contributed by atoms with Gasteiger partial charge in [0.15, 0.2) is 0 Å².